The Kier molecular flexibility index (Phi) is 8.32. The predicted molar refractivity (Wildman–Crippen MR) is 110 cm³/mol. The maximum absolute atomic E-state index is 12.6. The number of nitrogens with zero attached hydrogens (tertiary/aromatic N) is 2. The highest BCUT2D eigenvalue weighted by atomic mass is 35.5. The number of carbonyl (C=O) groups excluding carboxylic acids is 3. The first-order valence-electron chi connectivity index (χ1n) is 9.85. The van der Waals surface area contributed by atoms with E-state index in [2.05, 4.69) is 0 Å². The summed E-state index contributed by atoms with van der Waals surface area (Å²) in [6, 6.07) is 5.19. The Hall–Kier alpha value is -2.28. The molecule has 0 radical (unpaired) electrons. The summed E-state index contributed by atoms with van der Waals surface area (Å²) >= 11 is 6.00. The molecule has 1 saturated heterocycles. The molecule has 2 rings (SSSR count). The van der Waals surface area contributed by atoms with Gasteiger partial charge in [0.15, 0.2) is 6.10 Å². The second-order valence-corrected chi connectivity index (χ2v) is 7.68. The van der Waals surface area contributed by atoms with Crippen LogP contribution in [0, 0.1) is 12.8 Å². The summed E-state index contributed by atoms with van der Waals surface area (Å²) in [5.41, 5.74) is 0.860. The molecule has 29 heavy (non-hydrogen) atoms. The lowest BCUT2D eigenvalue weighted by Crippen LogP contribution is -2.47. The van der Waals surface area contributed by atoms with E-state index in [9.17, 15) is 14.4 Å². The van der Waals surface area contributed by atoms with E-state index in [0.29, 0.717) is 43.3 Å². The van der Waals surface area contributed by atoms with E-state index in [-0.39, 0.29) is 30.2 Å². The third-order valence-electron chi connectivity index (χ3n) is 5.01. The van der Waals surface area contributed by atoms with Gasteiger partial charge in [-0.15, -0.1) is 0 Å². The molecule has 1 fully saturated rings. The standard InChI is InChI=1S/C21H29ClN2O5/c1-5-28-21(27)16-8-10-24(11-9-16)19(25)13-23(4)20(26)15(3)29-17-6-7-18(22)14(2)12-17/h6-7,12,15-16H,5,8-11,13H2,1-4H3. The maximum atomic E-state index is 12.6. The summed E-state index contributed by atoms with van der Waals surface area (Å²) in [7, 11) is 1.58. The van der Waals surface area contributed by atoms with Gasteiger partial charge in [-0.2, -0.15) is 0 Å². The fourth-order valence-electron chi connectivity index (χ4n) is 3.26. The van der Waals surface area contributed by atoms with E-state index in [1.165, 1.54) is 4.90 Å². The number of esters is 1. The van der Waals surface area contributed by atoms with Gasteiger partial charge in [0.1, 0.15) is 5.75 Å². The van der Waals surface area contributed by atoms with E-state index >= 15 is 0 Å². The number of carbonyl (C=O) groups is 3. The monoisotopic (exact) mass is 424 g/mol. The van der Waals surface area contributed by atoms with Gasteiger partial charge in [-0.1, -0.05) is 11.6 Å². The van der Waals surface area contributed by atoms with E-state index in [0.717, 1.165) is 5.56 Å². The Balaban J connectivity index is 1.83. The average molecular weight is 425 g/mol. The fourth-order valence-corrected chi connectivity index (χ4v) is 3.38. The molecule has 0 N–H and O–H groups in total. The highest BCUT2D eigenvalue weighted by molar-refractivity contribution is 6.31. The molecule has 7 nitrogen and oxygen atoms in total. The largest absolute Gasteiger partial charge is 0.481 e. The summed E-state index contributed by atoms with van der Waals surface area (Å²) in [4.78, 5) is 40.0. The average Bonchev–Trinajstić information content (AvgIpc) is 2.70. The van der Waals surface area contributed by atoms with Crippen LogP contribution in [0.3, 0.4) is 0 Å². The first kappa shape index (κ1) is 23.0. The van der Waals surface area contributed by atoms with Crippen LogP contribution in [0.25, 0.3) is 0 Å². The lowest BCUT2D eigenvalue weighted by Gasteiger charge is -2.32. The molecule has 1 atom stereocenters. The van der Waals surface area contributed by atoms with Crippen LogP contribution in [-0.2, 0) is 19.1 Å². The molecule has 1 heterocycles. The summed E-state index contributed by atoms with van der Waals surface area (Å²) in [6.45, 7) is 6.59. The maximum Gasteiger partial charge on any atom is 0.309 e. The number of ether oxygens (including phenoxy) is 2. The predicted octanol–water partition coefficient (Wildman–Crippen LogP) is 2.68. The Labute approximate surface area is 176 Å². The molecule has 160 valence electrons. The normalized spacial score (nSPS) is 15.6. The van der Waals surface area contributed by atoms with Crippen molar-refractivity contribution < 1.29 is 23.9 Å². The number of halogens is 1. The number of benzene rings is 1. The number of hydrogen-bond donors (Lipinski definition) is 0. The first-order chi connectivity index (χ1) is 13.7. The minimum absolute atomic E-state index is 0.0315. The zero-order valence-corrected chi connectivity index (χ0v) is 18.2. The van der Waals surface area contributed by atoms with Gasteiger partial charge in [-0.3, -0.25) is 14.4 Å². The van der Waals surface area contributed by atoms with Crippen LogP contribution in [0.15, 0.2) is 18.2 Å². The van der Waals surface area contributed by atoms with Crippen LogP contribution >= 0.6 is 11.6 Å². The van der Waals surface area contributed by atoms with Crippen LogP contribution in [0.4, 0.5) is 0 Å². The SMILES string of the molecule is CCOC(=O)C1CCN(C(=O)CN(C)C(=O)C(C)Oc2ccc(Cl)c(C)c2)CC1. The van der Waals surface area contributed by atoms with Crippen molar-refractivity contribution in [3.05, 3.63) is 28.8 Å². The van der Waals surface area contributed by atoms with Gasteiger partial charge in [0.2, 0.25) is 5.91 Å². The van der Waals surface area contributed by atoms with E-state index in [1.807, 2.05) is 6.92 Å². The van der Waals surface area contributed by atoms with Gasteiger partial charge in [0.25, 0.3) is 5.91 Å². The molecule has 1 aliphatic rings. The first-order valence-corrected chi connectivity index (χ1v) is 10.2. The van der Waals surface area contributed by atoms with Crippen LogP contribution in [0.5, 0.6) is 5.75 Å². The molecule has 2 amide bonds. The summed E-state index contributed by atoms with van der Waals surface area (Å²) < 4.78 is 10.7. The van der Waals surface area contributed by atoms with Crippen molar-refractivity contribution in [3.63, 3.8) is 0 Å². The molecular formula is C21H29ClN2O5. The van der Waals surface area contributed by atoms with Gasteiger partial charge < -0.3 is 19.3 Å². The molecule has 0 spiro atoms. The topological polar surface area (TPSA) is 76.2 Å². The minimum atomic E-state index is -0.733. The van der Waals surface area contributed by atoms with Gasteiger partial charge in [0.05, 0.1) is 19.1 Å². The van der Waals surface area contributed by atoms with Crippen LogP contribution in [0.1, 0.15) is 32.3 Å². The van der Waals surface area contributed by atoms with Crippen molar-refractivity contribution >= 4 is 29.4 Å². The van der Waals surface area contributed by atoms with Crippen molar-refractivity contribution in [2.45, 2.75) is 39.7 Å². The van der Waals surface area contributed by atoms with Crippen LogP contribution in [0.2, 0.25) is 5.02 Å². The number of amides is 2. The second kappa shape index (κ2) is 10.5. The minimum Gasteiger partial charge on any atom is -0.481 e. The second-order valence-electron chi connectivity index (χ2n) is 7.27. The van der Waals surface area contributed by atoms with Gasteiger partial charge in [0, 0.05) is 25.2 Å². The van der Waals surface area contributed by atoms with Crippen molar-refractivity contribution in [1.82, 2.24) is 9.80 Å². The molecule has 0 saturated carbocycles. The van der Waals surface area contributed by atoms with Gasteiger partial charge in [-0.25, -0.2) is 0 Å². The third-order valence-corrected chi connectivity index (χ3v) is 5.43. The smallest absolute Gasteiger partial charge is 0.309 e. The highest BCUT2D eigenvalue weighted by Gasteiger charge is 2.29. The summed E-state index contributed by atoms with van der Waals surface area (Å²) in [5.74, 6) is -0.233. The van der Waals surface area contributed by atoms with E-state index in [1.54, 1.807) is 44.0 Å². The summed E-state index contributed by atoms with van der Waals surface area (Å²) in [5, 5.41) is 0.630. The quantitative estimate of drug-likeness (QED) is 0.629. The zero-order valence-electron chi connectivity index (χ0n) is 17.4. The number of rotatable bonds is 7. The zero-order chi connectivity index (χ0) is 21.6. The Morgan fingerprint density at radius 1 is 1.28 bits per heavy atom. The molecule has 0 bridgehead atoms. The van der Waals surface area contributed by atoms with Crippen LogP contribution in [-0.4, -0.2) is 67.0 Å². The molecule has 0 aliphatic carbocycles. The van der Waals surface area contributed by atoms with Crippen molar-refractivity contribution in [2.24, 2.45) is 5.92 Å². The number of piperidine rings is 1. The molecule has 0 aromatic heterocycles. The Morgan fingerprint density at radius 3 is 2.52 bits per heavy atom. The highest BCUT2D eigenvalue weighted by Crippen LogP contribution is 2.22. The number of likely N-dealkylation sites (tertiary alicyclic amines) is 1. The molecule has 8 heteroatoms. The molecule has 1 aromatic rings. The van der Waals surface area contributed by atoms with E-state index in [4.69, 9.17) is 21.1 Å². The van der Waals surface area contributed by atoms with E-state index < -0.39 is 6.10 Å². The lowest BCUT2D eigenvalue weighted by atomic mass is 9.97. The molecule has 1 aliphatic heterocycles. The number of hydrogen-bond acceptors (Lipinski definition) is 5. The number of aryl methyl sites for hydroxylation is 1. The molecule has 1 unspecified atom stereocenters. The fraction of sp³-hybridized carbons (Fsp3) is 0.571. The number of likely N-dealkylation sites (N-methyl/N-ethyl adjacent to an activating group) is 1. The summed E-state index contributed by atoms with van der Waals surface area (Å²) in [6.07, 6.45) is 0.429. The molecular weight excluding hydrogens is 396 g/mol. The van der Waals surface area contributed by atoms with Crippen molar-refractivity contribution in [1.29, 1.82) is 0 Å². The molecule has 1 aromatic carbocycles. The third kappa shape index (κ3) is 6.35. The Bertz CT molecular complexity index is 747. The van der Waals surface area contributed by atoms with Crippen LogP contribution < -0.4 is 4.74 Å². The van der Waals surface area contributed by atoms with Gasteiger partial charge >= 0.3 is 5.97 Å². The lowest BCUT2D eigenvalue weighted by molar-refractivity contribution is -0.151. The van der Waals surface area contributed by atoms with Crippen molar-refractivity contribution in [3.8, 4) is 5.75 Å². The van der Waals surface area contributed by atoms with Gasteiger partial charge in [-0.05, 0) is 57.4 Å². The van der Waals surface area contributed by atoms with Crippen molar-refractivity contribution in [2.75, 3.05) is 33.3 Å². The Morgan fingerprint density at radius 2 is 1.93 bits per heavy atom.